The molecule has 0 spiro atoms. The summed E-state index contributed by atoms with van der Waals surface area (Å²) in [6.07, 6.45) is 0. The Labute approximate surface area is 170 Å². The van der Waals surface area contributed by atoms with E-state index in [9.17, 15) is 0 Å². The van der Waals surface area contributed by atoms with Crippen LogP contribution in [0.15, 0.2) is 60.7 Å². The van der Waals surface area contributed by atoms with Gasteiger partial charge >= 0.3 is 29.0 Å². The standard InChI is InChI=1S/2C9H11O.4CH3.2Al/c2*1-9(2,10)8-6-4-3-5-7-8;;;;;;/h2*3-7H,1-2H3;4*1H3;;/q2*-1;;;;;2*+1. The monoisotopic (exact) mass is 384 g/mol. The second-order valence-electron chi connectivity index (χ2n) is 8.09. The number of rotatable bonds is 6. The molecule has 140 valence electrons. The average molecular weight is 384 g/mol. The number of hydrogen-bond acceptors (Lipinski definition) is 2. The van der Waals surface area contributed by atoms with Crippen LogP contribution in [-0.2, 0) is 18.8 Å². The molecule has 0 aromatic heterocycles. The van der Waals surface area contributed by atoms with Crippen molar-refractivity contribution in [2.24, 2.45) is 0 Å². The SMILES string of the molecule is [CH3][Al]([CH3])[O]C(C)(C)c1ccccc1.[CH3][Al]([CH3])[O]C(C)(C)c1ccccc1. The fourth-order valence-corrected chi connectivity index (χ4v) is 5.62. The van der Waals surface area contributed by atoms with E-state index in [-0.39, 0.29) is 11.2 Å². The Bertz CT molecular complexity index is 566. The zero-order valence-electron chi connectivity index (χ0n) is 17.7. The van der Waals surface area contributed by atoms with Crippen LogP contribution in [-0.4, -0.2) is 29.0 Å². The predicted octanol–water partition coefficient (Wildman–Crippen LogP) is 6.38. The van der Waals surface area contributed by atoms with E-state index in [2.05, 4.69) is 99.4 Å². The van der Waals surface area contributed by atoms with Gasteiger partial charge in [0.2, 0.25) is 0 Å². The van der Waals surface area contributed by atoms with Crippen molar-refractivity contribution in [3.63, 3.8) is 0 Å². The molecular formula is C22H34Al2O2. The Morgan fingerprint density at radius 2 is 0.808 bits per heavy atom. The molecular weight excluding hydrogens is 350 g/mol. The van der Waals surface area contributed by atoms with Crippen molar-refractivity contribution in [1.29, 1.82) is 0 Å². The van der Waals surface area contributed by atoms with Crippen molar-refractivity contribution in [2.45, 2.75) is 62.0 Å². The summed E-state index contributed by atoms with van der Waals surface area (Å²) in [4.78, 5) is 0. The summed E-state index contributed by atoms with van der Waals surface area (Å²) in [5.41, 5.74) is 2.27. The molecule has 0 atom stereocenters. The largest absolute Gasteiger partial charge is 0.493 e. The van der Waals surface area contributed by atoms with Crippen LogP contribution >= 0.6 is 0 Å². The Morgan fingerprint density at radius 3 is 1.04 bits per heavy atom. The second-order valence-corrected chi connectivity index (χ2v) is 12.8. The molecule has 0 radical (unpaired) electrons. The molecule has 2 rings (SSSR count). The molecule has 0 bridgehead atoms. The third kappa shape index (κ3) is 8.41. The molecule has 2 nitrogen and oxygen atoms in total. The van der Waals surface area contributed by atoms with Gasteiger partial charge in [0.1, 0.15) is 0 Å². The van der Waals surface area contributed by atoms with Crippen LogP contribution in [0, 0.1) is 0 Å². The highest BCUT2D eigenvalue weighted by Gasteiger charge is 2.24. The molecule has 0 saturated carbocycles. The van der Waals surface area contributed by atoms with Gasteiger partial charge < -0.3 is 7.58 Å². The summed E-state index contributed by atoms with van der Waals surface area (Å²) < 4.78 is 11.9. The number of hydrogen-bond donors (Lipinski definition) is 0. The van der Waals surface area contributed by atoms with Gasteiger partial charge in [-0.1, -0.05) is 83.8 Å². The molecule has 0 saturated heterocycles. The third-order valence-corrected chi connectivity index (χ3v) is 6.12. The molecule has 26 heavy (non-hydrogen) atoms. The van der Waals surface area contributed by atoms with Gasteiger partial charge in [0.15, 0.2) is 0 Å². The van der Waals surface area contributed by atoms with Crippen LogP contribution in [0.4, 0.5) is 0 Å². The highest BCUT2D eigenvalue weighted by atomic mass is 27.2. The fraction of sp³-hybridized carbons (Fsp3) is 0.455. The Morgan fingerprint density at radius 1 is 0.538 bits per heavy atom. The van der Waals surface area contributed by atoms with E-state index in [1.165, 1.54) is 11.1 Å². The van der Waals surface area contributed by atoms with E-state index in [1.807, 2.05) is 12.1 Å². The molecule has 4 heteroatoms. The molecule has 0 fully saturated rings. The van der Waals surface area contributed by atoms with Crippen LogP contribution in [0.2, 0.25) is 23.1 Å². The Kier molecular flexibility index (Phi) is 9.64. The highest BCUT2D eigenvalue weighted by molar-refractivity contribution is 6.48. The average Bonchev–Trinajstić information content (AvgIpc) is 2.55. The first-order valence-corrected chi connectivity index (χ1v) is 15.1. The molecule has 2 aromatic carbocycles. The lowest BCUT2D eigenvalue weighted by Gasteiger charge is -2.28. The van der Waals surface area contributed by atoms with Crippen molar-refractivity contribution in [3.8, 4) is 0 Å². The Hall–Kier alpha value is -0.575. The van der Waals surface area contributed by atoms with Crippen molar-refractivity contribution in [3.05, 3.63) is 71.8 Å². The first kappa shape index (κ1) is 23.5. The summed E-state index contributed by atoms with van der Waals surface area (Å²) in [5, 5.41) is 0. The van der Waals surface area contributed by atoms with Gasteiger partial charge in [0.25, 0.3) is 0 Å². The van der Waals surface area contributed by atoms with Gasteiger partial charge in [-0.05, 0) is 38.8 Å². The highest BCUT2D eigenvalue weighted by Crippen LogP contribution is 2.25. The third-order valence-electron chi connectivity index (χ3n) is 4.00. The molecule has 0 aliphatic heterocycles. The summed E-state index contributed by atoms with van der Waals surface area (Å²) >= 11 is -1.93. The van der Waals surface area contributed by atoms with Crippen molar-refractivity contribution in [1.82, 2.24) is 0 Å². The molecule has 0 N–H and O–H groups in total. The molecule has 0 aliphatic carbocycles. The second kappa shape index (κ2) is 10.7. The van der Waals surface area contributed by atoms with Crippen LogP contribution in [0.5, 0.6) is 0 Å². The number of benzene rings is 2. The molecule has 0 unspecified atom stereocenters. The van der Waals surface area contributed by atoms with E-state index >= 15 is 0 Å². The maximum absolute atomic E-state index is 5.96. The maximum Gasteiger partial charge on any atom is 0.454 e. The summed E-state index contributed by atoms with van der Waals surface area (Å²) in [5.74, 6) is 8.80. The van der Waals surface area contributed by atoms with Gasteiger partial charge in [-0.15, -0.1) is 0 Å². The first-order valence-electron chi connectivity index (χ1n) is 9.51. The summed E-state index contributed by atoms with van der Waals surface area (Å²) in [7, 11) is 0. The minimum atomic E-state index is -0.965. The van der Waals surface area contributed by atoms with Crippen LogP contribution in [0.3, 0.4) is 0 Å². The minimum absolute atomic E-state index is 0.123. The first-order chi connectivity index (χ1) is 12.0. The molecule has 0 heterocycles. The minimum Gasteiger partial charge on any atom is -0.493 e. The smallest absolute Gasteiger partial charge is 0.454 e. The predicted molar refractivity (Wildman–Crippen MR) is 116 cm³/mol. The fourth-order valence-electron chi connectivity index (χ4n) is 2.99. The van der Waals surface area contributed by atoms with Crippen molar-refractivity contribution >= 4 is 29.0 Å². The van der Waals surface area contributed by atoms with Crippen LogP contribution < -0.4 is 0 Å². The zero-order chi connectivity index (χ0) is 19.8. The van der Waals surface area contributed by atoms with Crippen LogP contribution in [0.25, 0.3) is 0 Å². The van der Waals surface area contributed by atoms with E-state index in [4.69, 9.17) is 7.58 Å². The summed E-state index contributed by atoms with van der Waals surface area (Å²) in [6.45, 7) is 8.54. The van der Waals surface area contributed by atoms with Crippen molar-refractivity contribution < 1.29 is 7.58 Å². The van der Waals surface area contributed by atoms with Crippen LogP contribution in [0.1, 0.15) is 38.8 Å². The topological polar surface area (TPSA) is 18.5 Å². The van der Waals surface area contributed by atoms with E-state index in [1.54, 1.807) is 0 Å². The lowest BCUT2D eigenvalue weighted by atomic mass is 9.99. The van der Waals surface area contributed by atoms with Gasteiger partial charge in [-0.3, -0.25) is 0 Å². The Balaban J connectivity index is 0.000000260. The summed E-state index contributed by atoms with van der Waals surface area (Å²) in [6, 6.07) is 20.8. The van der Waals surface area contributed by atoms with Gasteiger partial charge in [0, 0.05) is 0 Å². The molecule has 0 aliphatic rings. The molecule has 0 amide bonds. The maximum atomic E-state index is 5.96. The van der Waals surface area contributed by atoms with Gasteiger partial charge in [-0.2, -0.15) is 0 Å². The van der Waals surface area contributed by atoms with E-state index in [0.29, 0.717) is 0 Å². The van der Waals surface area contributed by atoms with Gasteiger partial charge in [0.05, 0.1) is 11.2 Å². The van der Waals surface area contributed by atoms with E-state index < -0.39 is 29.0 Å². The normalized spacial score (nSPS) is 11.4. The lowest BCUT2D eigenvalue weighted by molar-refractivity contribution is 0.109. The van der Waals surface area contributed by atoms with Gasteiger partial charge in [-0.25, -0.2) is 0 Å². The molecule has 2 aromatic rings. The lowest BCUT2D eigenvalue weighted by Crippen LogP contribution is -2.27. The quantitative estimate of drug-likeness (QED) is 0.538. The van der Waals surface area contributed by atoms with Crippen molar-refractivity contribution in [2.75, 3.05) is 0 Å². The van der Waals surface area contributed by atoms with E-state index in [0.717, 1.165) is 0 Å². The zero-order valence-corrected chi connectivity index (χ0v) is 20.1.